The highest BCUT2D eigenvalue weighted by Gasteiger charge is 2.30. The van der Waals surface area contributed by atoms with Crippen molar-refractivity contribution in [3.8, 4) is 0 Å². The molecule has 3 rings (SSSR count). The zero-order valence-electron chi connectivity index (χ0n) is 15.1. The molecule has 6 heteroatoms. The summed E-state index contributed by atoms with van der Waals surface area (Å²) in [5, 5.41) is 14.9. The molecule has 1 atom stereocenters. The Morgan fingerprint density at radius 2 is 1.96 bits per heavy atom. The van der Waals surface area contributed by atoms with Gasteiger partial charge in [-0.2, -0.15) is 5.10 Å². The number of aromatic nitrogens is 3. The smallest absolute Gasteiger partial charge is 0.272 e. The number of nitrogens with zero attached hydrogens (tertiary/aromatic N) is 4. The van der Waals surface area contributed by atoms with Crippen molar-refractivity contribution >= 4 is 5.91 Å². The van der Waals surface area contributed by atoms with E-state index in [1.807, 2.05) is 36.2 Å². The van der Waals surface area contributed by atoms with Gasteiger partial charge in [0.25, 0.3) is 5.91 Å². The minimum absolute atomic E-state index is 0.0210. The second-order valence-corrected chi connectivity index (χ2v) is 7.06. The summed E-state index contributed by atoms with van der Waals surface area (Å²) < 4.78 is 1.67. The highest BCUT2D eigenvalue weighted by molar-refractivity contribution is 5.92. The van der Waals surface area contributed by atoms with Crippen molar-refractivity contribution < 1.29 is 9.90 Å². The Balaban J connectivity index is 1.63. The van der Waals surface area contributed by atoms with Gasteiger partial charge in [0.2, 0.25) is 0 Å². The molecule has 0 spiro atoms. The van der Waals surface area contributed by atoms with E-state index in [4.69, 9.17) is 0 Å². The topological polar surface area (TPSA) is 71.2 Å². The first-order valence-electron chi connectivity index (χ1n) is 8.89. The second-order valence-electron chi connectivity index (χ2n) is 7.06. The number of amides is 1. The van der Waals surface area contributed by atoms with E-state index in [0.717, 1.165) is 18.5 Å². The van der Waals surface area contributed by atoms with Crippen LogP contribution in [0.5, 0.6) is 0 Å². The number of carbonyl (C=O) groups is 1. The maximum Gasteiger partial charge on any atom is 0.272 e. The molecule has 1 N–H and O–H groups in total. The lowest BCUT2D eigenvalue weighted by atomic mass is 9.89. The highest BCUT2D eigenvalue weighted by Crippen LogP contribution is 2.30. The maximum absolute atomic E-state index is 12.8. The Morgan fingerprint density at radius 3 is 2.52 bits per heavy atom. The normalized spacial score (nSPS) is 17.1. The van der Waals surface area contributed by atoms with Crippen LogP contribution in [0, 0.1) is 5.92 Å². The van der Waals surface area contributed by atoms with E-state index in [2.05, 4.69) is 23.9 Å². The van der Waals surface area contributed by atoms with Crippen LogP contribution in [0.2, 0.25) is 0 Å². The molecule has 134 valence electrons. The molecule has 1 aliphatic rings. The summed E-state index contributed by atoms with van der Waals surface area (Å²) in [6.07, 6.45) is 2.69. The Labute approximate surface area is 148 Å². The molecule has 0 aliphatic carbocycles. The Bertz CT molecular complexity index is 718. The molecule has 0 saturated carbocycles. The third kappa shape index (κ3) is 3.74. The molecule has 1 amide bonds. The number of pyridine rings is 1. The quantitative estimate of drug-likeness (QED) is 0.927. The average Bonchev–Trinajstić information content (AvgIpc) is 3.03. The Morgan fingerprint density at radius 1 is 1.24 bits per heavy atom. The predicted octanol–water partition coefficient (Wildman–Crippen LogP) is 2.52. The van der Waals surface area contributed by atoms with Crippen LogP contribution in [-0.2, 0) is 7.05 Å². The van der Waals surface area contributed by atoms with Crippen LogP contribution in [-0.4, -0.2) is 43.8 Å². The third-order valence-electron chi connectivity index (χ3n) is 4.97. The van der Waals surface area contributed by atoms with Crippen LogP contribution in [0.15, 0.2) is 30.5 Å². The van der Waals surface area contributed by atoms with Gasteiger partial charge in [0, 0.05) is 26.3 Å². The van der Waals surface area contributed by atoms with Gasteiger partial charge in [-0.1, -0.05) is 19.9 Å². The second kappa shape index (κ2) is 7.35. The summed E-state index contributed by atoms with van der Waals surface area (Å²) in [6, 6.07) is 7.48. The van der Waals surface area contributed by atoms with Gasteiger partial charge >= 0.3 is 0 Å². The van der Waals surface area contributed by atoms with Gasteiger partial charge in [0.15, 0.2) is 0 Å². The van der Waals surface area contributed by atoms with Crippen LogP contribution in [0.3, 0.4) is 0 Å². The maximum atomic E-state index is 12.8. The lowest BCUT2D eigenvalue weighted by Gasteiger charge is -2.34. The summed E-state index contributed by atoms with van der Waals surface area (Å²) in [7, 11) is 1.82. The largest absolute Gasteiger partial charge is 0.387 e. The van der Waals surface area contributed by atoms with Crippen LogP contribution in [0.1, 0.15) is 60.6 Å². The van der Waals surface area contributed by atoms with Gasteiger partial charge in [-0.25, -0.2) is 0 Å². The molecule has 2 aromatic rings. The van der Waals surface area contributed by atoms with Gasteiger partial charge < -0.3 is 10.0 Å². The number of aliphatic hydroxyl groups excluding tert-OH is 1. The summed E-state index contributed by atoms with van der Waals surface area (Å²) in [5.41, 5.74) is 2.28. The fraction of sp³-hybridized carbons (Fsp3) is 0.526. The van der Waals surface area contributed by atoms with Crippen LogP contribution in [0.4, 0.5) is 0 Å². The Hall–Kier alpha value is -2.21. The third-order valence-corrected chi connectivity index (χ3v) is 4.97. The number of hydrogen-bond acceptors (Lipinski definition) is 4. The minimum atomic E-state index is -0.567. The summed E-state index contributed by atoms with van der Waals surface area (Å²) in [5.74, 6) is 0.455. The van der Waals surface area contributed by atoms with Crippen molar-refractivity contribution in [3.63, 3.8) is 0 Å². The van der Waals surface area contributed by atoms with Crippen LogP contribution >= 0.6 is 0 Å². The molecule has 2 aromatic heterocycles. The van der Waals surface area contributed by atoms with E-state index in [-0.39, 0.29) is 11.8 Å². The first-order chi connectivity index (χ1) is 12.0. The highest BCUT2D eigenvalue weighted by atomic mass is 16.3. The molecular formula is C19H26N4O2. The summed E-state index contributed by atoms with van der Waals surface area (Å²) in [4.78, 5) is 18.9. The first-order valence-corrected chi connectivity index (χ1v) is 8.89. The number of piperidine rings is 1. The van der Waals surface area contributed by atoms with Gasteiger partial charge in [-0.15, -0.1) is 0 Å². The van der Waals surface area contributed by atoms with Gasteiger partial charge in [-0.3, -0.25) is 14.5 Å². The standard InChI is InChI=1S/C19H26N4O2/c1-13(2)16-12-17(22(3)21-16)19(25)23-10-7-14(8-11-23)18(24)15-6-4-5-9-20-15/h4-6,9,12-14,18,24H,7-8,10-11H2,1-3H3/t18-/m0/s1. The van der Waals surface area contributed by atoms with E-state index in [9.17, 15) is 9.90 Å². The zero-order valence-corrected chi connectivity index (χ0v) is 15.1. The first kappa shape index (κ1) is 17.6. The number of aryl methyl sites for hydroxylation is 1. The number of likely N-dealkylation sites (tertiary alicyclic amines) is 1. The van der Waals surface area contributed by atoms with Gasteiger partial charge in [-0.05, 0) is 42.9 Å². The number of rotatable bonds is 4. The van der Waals surface area contributed by atoms with E-state index >= 15 is 0 Å². The molecule has 1 aliphatic heterocycles. The summed E-state index contributed by atoms with van der Waals surface area (Å²) in [6.45, 7) is 5.44. The SMILES string of the molecule is CC(C)c1cc(C(=O)N2CCC([C@H](O)c3ccccn3)CC2)n(C)n1. The average molecular weight is 342 g/mol. The van der Waals surface area contributed by atoms with E-state index in [1.54, 1.807) is 10.9 Å². The van der Waals surface area contributed by atoms with E-state index in [1.165, 1.54) is 0 Å². The number of carbonyl (C=O) groups excluding carboxylic acids is 1. The lowest BCUT2D eigenvalue weighted by molar-refractivity contribution is 0.0441. The fourth-order valence-corrected chi connectivity index (χ4v) is 3.34. The molecule has 0 radical (unpaired) electrons. The Kier molecular flexibility index (Phi) is 5.18. The molecule has 1 saturated heterocycles. The van der Waals surface area contributed by atoms with Crippen molar-refractivity contribution in [1.82, 2.24) is 19.7 Å². The monoisotopic (exact) mass is 342 g/mol. The lowest BCUT2D eigenvalue weighted by Crippen LogP contribution is -2.40. The number of aliphatic hydroxyl groups is 1. The van der Waals surface area contributed by atoms with Crippen molar-refractivity contribution in [1.29, 1.82) is 0 Å². The van der Waals surface area contributed by atoms with Gasteiger partial charge in [0.05, 0.1) is 17.5 Å². The minimum Gasteiger partial charge on any atom is -0.387 e. The summed E-state index contributed by atoms with van der Waals surface area (Å²) >= 11 is 0. The van der Waals surface area contributed by atoms with Crippen molar-refractivity contribution in [2.24, 2.45) is 13.0 Å². The molecule has 1 fully saturated rings. The van der Waals surface area contributed by atoms with E-state index in [0.29, 0.717) is 30.4 Å². The van der Waals surface area contributed by atoms with Crippen LogP contribution < -0.4 is 0 Å². The zero-order chi connectivity index (χ0) is 18.0. The number of hydrogen-bond donors (Lipinski definition) is 1. The molecule has 0 unspecified atom stereocenters. The molecule has 25 heavy (non-hydrogen) atoms. The van der Waals surface area contributed by atoms with Gasteiger partial charge in [0.1, 0.15) is 5.69 Å². The van der Waals surface area contributed by atoms with Crippen molar-refractivity contribution in [2.75, 3.05) is 13.1 Å². The fourth-order valence-electron chi connectivity index (χ4n) is 3.34. The predicted molar refractivity (Wildman–Crippen MR) is 95.1 cm³/mol. The van der Waals surface area contributed by atoms with Crippen molar-refractivity contribution in [3.05, 3.63) is 47.5 Å². The van der Waals surface area contributed by atoms with E-state index < -0.39 is 6.10 Å². The van der Waals surface area contributed by atoms with Crippen LogP contribution in [0.25, 0.3) is 0 Å². The molecule has 3 heterocycles. The molecule has 0 bridgehead atoms. The molecule has 6 nitrogen and oxygen atoms in total. The van der Waals surface area contributed by atoms with Crippen molar-refractivity contribution in [2.45, 2.75) is 38.7 Å². The molecule has 0 aromatic carbocycles. The molecular weight excluding hydrogens is 316 g/mol.